The molecule has 0 amide bonds. The Balaban J connectivity index is 2.41. The van der Waals surface area contributed by atoms with Gasteiger partial charge in [-0.25, -0.2) is 4.39 Å². The smallest absolute Gasteiger partial charge is 0.142 e. The molecule has 2 nitrogen and oxygen atoms in total. The number of hydrogen-bond acceptors (Lipinski definition) is 2. The van der Waals surface area contributed by atoms with Crippen LogP contribution in [0.25, 0.3) is 0 Å². The van der Waals surface area contributed by atoms with E-state index >= 15 is 0 Å². The predicted molar refractivity (Wildman–Crippen MR) is 68.5 cm³/mol. The van der Waals surface area contributed by atoms with E-state index in [1.54, 1.807) is 30.3 Å². The Morgan fingerprint density at radius 3 is 2.61 bits per heavy atom. The molecule has 1 N–H and O–H groups in total. The van der Waals surface area contributed by atoms with E-state index in [2.05, 4.69) is 0 Å². The summed E-state index contributed by atoms with van der Waals surface area (Å²) >= 11 is 5.61. The summed E-state index contributed by atoms with van der Waals surface area (Å²) in [4.78, 5) is 0. The van der Waals surface area contributed by atoms with Crippen molar-refractivity contribution in [1.82, 2.24) is 0 Å². The topological polar surface area (TPSA) is 29.5 Å². The van der Waals surface area contributed by atoms with Crippen molar-refractivity contribution in [3.05, 3.63) is 64.4 Å². The molecule has 0 aliphatic heterocycles. The Bertz CT molecular complexity index is 557. The van der Waals surface area contributed by atoms with Gasteiger partial charge >= 0.3 is 0 Å². The first-order chi connectivity index (χ1) is 8.63. The van der Waals surface area contributed by atoms with Gasteiger partial charge in [0.2, 0.25) is 0 Å². The Morgan fingerprint density at radius 1 is 1.22 bits per heavy atom. The molecule has 0 fully saturated rings. The number of aliphatic hydroxyl groups is 1. The Hall–Kier alpha value is -1.58. The summed E-state index contributed by atoms with van der Waals surface area (Å²) in [7, 11) is 1.52. The van der Waals surface area contributed by atoms with E-state index in [1.165, 1.54) is 19.2 Å². The van der Waals surface area contributed by atoms with Crippen LogP contribution in [-0.2, 0) is 0 Å². The first-order valence-electron chi connectivity index (χ1n) is 5.39. The maximum absolute atomic E-state index is 13.4. The van der Waals surface area contributed by atoms with Gasteiger partial charge in [-0.15, -0.1) is 0 Å². The second-order valence-corrected chi connectivity index (χ2v) is 4.23. The zero-order chi connectivity index (χ0) is 13.1. The number of benzene rings is 2. The Labute approximate surface area is 110 Å². The fourth-order valence-corrected chi connectivity index (χ4v) is 1.87. The predicted octanol–water partition coefficient (Wildman–Crippen LogP) is 3.57. The number of rotatable bonds is 3. The second-order valence-electron chi connectivity index (χ2n) is 3.82. The van der Waals surface area contributed by atoms with Crippen molar-refractivity contribution >= 4 is 11.6 Å². The van der Waals surface area contributed by atoms with Crippen LogP contribution in [0.1, 0.15) is 17.2 Å². The van der Waals surface area contributed by atoms with Crippen molar-refractivity contribution in [2.75, 3.05) is 7.11 Å². The summed E-state index contributed by atoms with van der Waals surface area (Å²) in [6.45, 7) is 0. The summed E-state index contributed by atoms with van der Waals surface area (Å²) in [5, 5.41) is 10.3. The summed E-state index contributed by atoms with van der Waals surface area (Å²) in [6.07, 6.45) is -0.951. The lowest BCUT2D eigenvalue weighted by Gasteiger charge is -2.15. The van der Waals surface area contributed by atoms with E-state index in [-0.39, 0.29) is 5.02 Å². The summed E-state index contributed by atoms with van der Waals surface area (Å²) < 4.78 is 18.5. The molecule has 0 saturated heterocycles. The van der Waals surface area contributed by atoms with Crippen molar-refractivity contribution in [1.29, 1.82) is 0 Å². The maximum Gasteiger partial charge on any atom is 0.142 e. The number of halogens is 2. The zero-order valence-corrected chi connectivity index (χ0v) is 10.5. The van der Waals surface area contributed by atoms with Gasteiger partial charge in [0.1, 0.15) is 17.7 Å². The highest BCUT2D eigenvalue weighted by atomic mass is 35.5. The van der Waals surface area contributed by atoms with Gasteiger partial charge in [0, 0.05) is 5.56 Å². The molecule has 0 bridgehead atoms. The van der Waals surface area contributed by atoms with Gasteiger partial charge in [-0.1, -0.05) is 35.9 Å². The van der Waals surface area contributed by atoms with E-state index < -0.39 is 11.9 Å². The standard InChI is InChI=1S/C14H12ClFO2/c1-18-13-5-3-2-4-10(13)14(17)9-6-7-11(15)12(16)8-9/h2-8,14,17H,1H3. The molecular weight excluding hydrogens is 255 g/mol. The van der Waals surface area contributed by atoms with Crippen molar-refractivity contribution in [3.8, 4) is 5.75 Å². The highest BCUT2D eigenvalue weighted by molar-refractivity contribution is 6.30. The average molecular weight is 267 g/mol. The monoisotopic (exact) mass is 266 g/mol. The van der Waals surface area contributed by atoms with Crippen LogP contribution in [0.2, 0.25) is 5.02 Å². The first-order valence-corrected chi connectivity index (χ1v) is 5.77. The van der Waals surface area contributed by atoms with Gasteiger partial charge < -0.3 is 9.84 Å². The third kappa shape index (κ3) is 2.47. The number of methoxy groups -OCH3 is 1. The van der Waals surface area contributed by atoms with E-state index in [0.717, 1.165) is 0 Å². The lowest BCUT2D eigenvalue weighted by molar-refractivity contribution is 0.214. The highest BCUT2D eigenvalue weighted by Gasteiger charge is 2.16. The van der Waals surface area contributed by atoms with Gasteiger partial charge in [0.05, 0.1) is 12.1 Å². The molecule has 0 saturated carbocycles. The zero-order valence-electron chi connectivity index (χ0n) is 9.73. The van der Waals surface area contributed by atoms with Crippen LogP contribution in [0.3, 0.4) is 0 Å². The van der Waals surface area contributed by atoms with Crippen LogP contribution in [0, 0.1) is 5.82 Å². The number of para-hydroxylation sites is 1. The van der Waals surface area contributed by atoms with E-state index in [1.807, 2.05) is 0 Å². The molecule has 2 aromatic carbocycles. The fraction of sp³-hybridized carbons (Fsp3) is 0.143. The Morgan fingerprint density at radius 2 is 1.94 bits per heavy atom. The van der Waals surface area contributed by atoms with Gasteiger partial charge in [-0.05, 0) is 23.8 Å². The lowest BCUT2D eigenvalue weighted by atomic mass is 10.0. The molecule has 1 unspecified atom stereocenters. The number of aliphatic hydroxyl groups excluding tert-OH is 1. The minimum absolute atomic E-state index is 0.0333. The van der Waals surface area contributed by atoms with Gasteiger partial charge in [-0.2, -0.15) is 0 Å². The van der Waals surface area contributed by atoms with Gasteiger partial charge in [-0.3, -0.25) is 0 Å². The van der Waals surface area contributed by atoms with E-state index in [0.29, 0.717) is 16.9 Å². The molecule has 1 atom stereocenters. The van der Waals surface area contributed by atoms with Crippen LogP contribution in [-0.4, -0.2) is 12.2 Å². The first kappa shape index (κ1) is 12.9. The quantitative estimate of drug-likeness (QED) is 0.920. The van der Waals surface area contributed by atoms with E-state index in [9.17, 15) is 9.50 Å². The molecular formula is C14H12ClFO2. The van der Waals surface area contributed by atoms with Crippen molar-refractivity contribution < 1.29 is 14.2 Å². The Kier molecular flexibility index (Phi) is 3.84. The SMILES string of the molecule is COc1ccccc1C(O)c1ccc(Cl)c(F)c1. The van der Waals surface area contributed by atoms with E-state index in [4.69, 9.17) is 16.3 Å². The van der Waals surface area contributed by atoms with Gasteiger partial charge in [0.25, 0.3) is 0 Å². The minimum Gasteiger partial charge on any atom is -0.496 e. The van der Waals surface area contributed by atoms with Crippen LogP contribution >= 0.6 is 11.6 Å². The van der Waals surface area contributed by atoms with Gasteiger partial charge in [0.15, 0.2) is 0 Å². The molecule has 0 aliphatic rings. The second kappa shape index (κ2) is 5.38. The highest BCUT2D eigenvalue weighted by Crippen LogP contribution is 2.30. The minimum atomic E-state index is -0.951. The fourth-order valence-electron chi connectivity index (χ4n) is 1.75. The molecule has 2 rings (SSSR count). The normalized spacial score (nSPS) is 12.2. The summed E-state index contributed by atoms with van der Waals surface area (Å²) in [6, 6.07) is 11.3. The molecule has 94 valence electrons. The maximum atomic E-state index is 13.4. The van der Waals surface area contributed by atoms with Crippen molar-refractivity contribution in [2.24, 2.45) is 0 Å². The van der Waals surface area contributed by atoms with Crippen LogP contribution in [0.4, 0.5) is 4.39 Å². The third-order valence-electron chi connectivity index (χ3n) is 2.69. The molecule has 0 aromatic heterocycles. The van der Waals surface area contributed by atoms with Crippen LogP contribution in [0.5, 0.6) is 5.75 Å². The largest absolute Gasteiger partial charge is 0.496 e. The number of hydrogen-bond donors (Lipinski definition) is 1. The molecule has 0 radical (unpaired) electrons. The molecule has 2 aromatic rings. The summed E-state index contributed by atoms with van der Waals surface area (Å²) in [5.41, 5.74) is 1.02. The molecule has 0 heterocycles. The molecule has 0 spiro atoms. The summed E-state index contributed by atoms with van der Waals surface area (Å²) in [5.74, 6) is 0.00322. The third-order valence-corrected chi connectivity index (χ3v) is 3.00. The number of ether oxygens (including phenoxy) is 1. The lowest BCUT2D eigenvalue weighted by Crippen LogP contribution is -2.02. The van der Waals surface area contributed by atoms with Crippen molar-refractivity contribution in [2.45, 2.75) is 6.10 Å². The molecule has 0 aliphatic carbocycles. The molecule has 4 heteroatoms. The molecule has 18 heavy (non-hydrogen) atoms. The van der Waals surface area contributed by atoms with Crippen LogP contribution in [0.15, 0.2) is 42.5 Å². The average Bonchev–Trinajstić information content (AvgIpc) is 2.41. The van der Waals surface area contributed by atoms with Crippen LogP contribution < -0.4 is 4.74 Å². The van der Waals surface area contributed by atoms with Crippen molar-refractivity contribution in [3.63, 3.8) is 0 Å².